The summed E-state index contributed by atoms with van der Waals surface area (Å²) in [6.07, 6.45) is 2.22. The second-order valence-corrected chi connectivity index (χ2v) is 8.59. The molecule has 2 aromatic carbocycles. The Balaban J connectivity index is 2.19. The molecule has 148 valence electrons. The molecule has 28 heavy (non-hydrogen) atoms. The maximum absolute atomic E-state index is 12.8. The lowest BCUT2D eigenvalue weighted by Crippen LogP contribution is -2.27. The van der Waals surface area contributed by atoms with Crippen LogP contribution in [0.5, 0.6) is 11.5 Å². The van der Waals surface area contributed by atoms with Crippen LogP contribution < -0.4 is 0 Å². The molecular formula is C20H23N3O4S. The lowest BCUT2D eigenvalue weighted by molar-refractivity contribution is 0.430. The van der Waals surface area contributed by atoms with Crippen molar-refractivity contribution < 1.29 is 18.6 Å². The van der Waals surface area contributed by atoms with Gasteiger partial charge in [0.15, 0.2) is 0 Å². The Hall–Kier alpha value is -2.84. The third kappa shape index (κ3) is 3.48. The number of phenolic OH excluding ortho intramolecular Hbond substituents is 2. The molecule has 3 aromatic rings. The van der Waals surface area contributed by atoms with Crippen LogP contribution in [0.25, 0.3) is 16.9 Å². The van der Waals surface area contributed by atoms with Crippen molar-refractivity contribution in [2.45, 2.75) is 25.2 Å². The van der Waals surface area contributed by atoms with E-state index in [4.69, 9.17) is 0 Å². The lowest BCUT2D eigenvalue weighted by Gasteiger charge is -2.18. The molecule has 0 aliphatic rings. The van der Waals surface area contributed by atoms with Crippen LogP contribution in [-0.2, 0) is 10.0 Å². The predicted octanol–water partition coefficient (Wildman–Crippen LogP) is 3.29. The van der Waals surface area contributed by atoms with Crippen molar-refractivity contribution in [1.82, 2.24) is 14.1 Å². The summed E-state index contributed by atoms with van der Waals surface area (Å²) in [7, 11) is -2.44. The molecule has 0 amide bonds. The summed E-state index contributed by atoms with van der Waals surface area (Å²) in [5, 5.41) is 25.0. The molecule has 0 radical (unpaired) electrons. The average molecular weight is 401 g/mol. The molecule has 0 saturated carbocycles. The standard InChI is InChI=1S/C20H23N3O4S/c1-4-11-22(3)28(26,27)20-12-15(18(24)13-19(20)25)17-9-10-21-23(17)16-8-6-5-7-14(16)2/h5-10,12-13,24-25H,4,11H2,1-3H3. The van der Waals surface area contributed by atoms with Gasteiger partial charge >= 0.3 is 0 Å². The Morgan fingerprint density at radius 2 is 1.82 bits per heavy atom. The van der Waals surface area contributed by atoms with E-state index < -0.39 is 15.8 Å². The van der Waals surface area contributed by atoms with E-state index in [1.807, 2.05) is 38.1 Å². The highest BCUT2D eigenvalue weighted by molar-refractivity contribution is 7.89. The van der Waals surface area contributed by atoms with Crippen molar-refractivity contribution in [3.63, 3.8) is 0 Å². The first-order valence-electron chi connectivity index (χ1n) is 8.90. The first kappa shape index (κ1) is 19.9. The number of benzene rings is 2. The fraction of sp³-hybridized carbons (Fsp3) is 0.250. The Morgan fingerprint density at radius 3 is 2.50 bits per heavy atom. The summed E-state index contributed by atoms with van der Waals surface area (Å²) in [5.74, 6) is -0.726. The van der Waals surface area contributed by atoms with Gasteiger partial charge in [-0.1, -0.05) is 25.1 Å². The van der Waals surface area contributed by atoms with Gasteiger partial charge in [-0.15, -0.1) is 0 Å². The molecule has 0 aliphatic heterocycles. The largest absolute Gasteiger partial charge is 0.507 e. The van der Waals surface area contributed by atoms with Crippen LogP contribution in [0.15, 0.2) is 53.6 Å². The molecule has 0 unspecified atom stereocenters. The zero-order valence-electron chi connectivity index (χ0n) is 16.0. The number of para-hydroxylation sites is 1. The third-order valence-corrected chi connectivity index (χ3v) is 6.45. The van der Waals surface area contributed by atoms with Crippen LogP contribution >= 0.6 is 0 Å². The van der Waals surface area contributed by atoms with Crippen molar-refractivity contribution in [2.75, 3.05) is 13.6 Å². The summed E-state index contributed by atoms with van der Waals surface area (Å²) < 4.78 is 28.5. The topological polar surface area (TPSA) is 95.7 Å². The van der Waals surface area contributed by atoms with Crippen LogP contribution in [0.4, 0.5) is 0 Å². The van der Waals surface area contributed by atoms with E-state index in [0.717, 1.165) is 17.3 Å². The van der Waals surface area contributed by atoms with E-state index in [9.17, 15) is 18.6 Å². The molecular weight excluding hydrogens is 378 g/mol. The number of aryl methyl sites for hydroxylation is 1. The molecule has 3 rings (SSSR count). The zero-order valence-corrected chi connectivity index (χ0v) is 16.8. The van der Waals surface area contributed by atoms with Crippen LogP contribution in [0.2, 0.25) is 0 Å². The Kier molecular flexibility index (Phi) is 5.44. The number of hydrogen-bond acceptors (Lipinski definition) is 5. The Labute approximate surface area is 164 Å². The average Bonchev–Trinajstić information content (AvgIpc) is 3.11. The molecule has 0 fully saturated rings. The smallest absolute Gasteiger partial charge is 0.246 e. The van der Waals surface area contributed by atoms with Crippen molar-refractivity contribution in [1.29, 1.82) is 0 Å². The van der Waals surface area contributed by atoms with Gasteiger partial charge in [0.25, 0.3) is 0 Å². The van der Waals surface area contributed by atoms with E-state index in [-0.39, 0.29) is 16.2 Å². The first-order chi connectivity index (χ1) is 13.3. The summed E-state index contributed by atoms with van der Waals surface area (Å²) in [5.41, 5.74) is 2.56. The minimum atomic E-state index is -3.91. The van der Waals surface area contributed by atoms with E-state index in [1.54, 1.807) is 16.9 Å². The molecule has 0 atom stereocenters. The molecule has 1 heterocycles. The molecule has 0 spiro atoms. The summed E-state index contributed by atoms with van der Waals surface area (Å²) in [4.78, 5) is -0.256. The van der Waals surface area contributed by atoms with Gasteiger partial charge in [0.05, 0.1) is 17.6 Å². The summed E-state index contributed by atoms with van der Waals surface area (Å²) in [6.45, 7) is 4.13. The Bertz CT molecular complexity index is 1110. The third-order valence-electron chi connectivity index (χ3n) is 4.57. The fourth-order valence-corrected chi connectivity index (χ4v) is 4.42. The number of aromatic nitrogens is 2. The van der Waals surface area contributed by atoms with E-state index >= 15 is 0 Å². The van der Waals surface area contributed by atoms with Gasteiger partial charge < -0.3 is 10.2 Å². The van der Waals surface area contributed by atoms with Crippen LogP contribution in [-0.4, -0.2) is 46.3 Å². The maximum Gasteiger partial charge on any atom is 0.246 e. The fourth-order valence-electron chi connectivity index (χ4n) is 3.07. The highest BCUT2D eigenvalue weighted by Gasteiger charge is 2.26. The summed E-state index contributed by atoms with van der Waals surface area (Å²) in [6, 6.07) is 11.6. The van der Waals surface area contributed by atoms with Gasteiger partial charge in [-0.25, -0.2) is 17.4 Å². The number of sulfonamides is 1. The SMILES string of the molecule is CCCN(C)S(=O)(=O)c1cc(-c2ccnn2-c2ccccc2C)c(O)cc1O. The molecule has 0 bridgehead atoms. The first-order valence-corrected chi connectivity index (χ1v) is 10.3. The number of rotatable bonds is 6. The molecule has 0 saturated heterocycles. The number of hydrogen-bond donors (Lipinski definition) is 2. The second-order valence-electron chi connectivity index (χ2n) is 6.58. The number of nitrogens with zero attached hydrogens (tertiary/aromatic N) is 3. The highest BCUT2D eigenvalue weighted by Crippen LogP contribution is 2.38. The van der Waals surface area contributed by atoms with Crippen LogP contribution in [0.3, 0.4) is 0 Å². The number of aromatic hydroxyl groups is 2. The zero-order chi connectivity index (χ0) is 20.5. The van der Waals surface area contributed by atoms with Crippen molar-refractivity contribution in [3.8, 4) is 28.4 Å². The minimum absolute atomic E-state index is 0.232. The highest BCUT2D eigenvalue weighted by atomic mass is 32.2. The van der Waals surface area contributed by atoms with E-state index in [2.05, 4.69) is 5.10 Å². The van der Waals surface area contributed by atoms with Crippen molar-refractivity contribution in [3.05, 3.63) is 54.2 Å². The van der Waals surface area contributed by atoms with Gasteiger partial charge in [-0.2, -0.15) is 5.10 Å². The molecule has 0 aliphatic carbocycles. The molecule has 1 aromatic heterocycles. The van der Waals surface area contributed by atoms with Gasteiger partial charge in [0.2, 0.25) is 10.0 Å². The van der Waals surface area contributed by atoms with E-state index in [1.165, 1.54) is 17.4 Å². The van der Waals surface area contributed by atoms with Crippen molar-refractivity contribution >= 4 is 10.0 Å². The Morgan fingerprint density at radius 1 is 1.11 bits per heavy atom. The van der Waals surface area contributed by atoms with Crippen molar-refractivity contribution in [2.24, 2.45) is 0 Å². The minimum Gasteiger partial charge on any atom is -0.507 e. The monoisotopic (exact) mass is 401 g/mol. The summed E-state index contributed by atoms with van der Waals surface area (Å²) >= 11 is 0. The van der Waals surface area contributed by atoms with Crippen LogP contribution in [0.1, 0.15) is 18.9 Å². The van der Waals surface area contributed by atoms with Gasteiger partial charge in [0.1, 0.15) is 16.4 Å². The molecule has 7 nitrogen and oxygen atoms in total. The molecule has 2 N–H and O–H groups in total. The van der Waals surface area contributed by atoms with E-state index in [0.29, 0.717) is 18.7 Å². The van der Waals surface area contributed by atoms with Gasteiger partial charge in [0, 0.05) is 25.2 Å². The maximum atomic E-state index is 12.8. The van der Waals surface area contributed by atoms with Gasteiger partial charge in [-0.05, 0) is 37.1 Å². The molecule has 8 heteroatoms. The second kappa shape index (κ2) is 7.65. The van der Waals surface area contributed by atoms with Crippen LogP contribution in [0, 0.1) is 6.92 Å². The normalized spacial score (nSPS) is 11.9. The predicted molar refractivity (Wildman–Crippen MR) is 107 cm³/mol. The number of phenols is 2. The lowest BCUT2D eigenvalue weighted by atomic mass is 10.1. The quantitative estimate of drug-likeness (QED) is 0.661. The van der Waals surface area contributed by atoms with Gasteiger partial charge in [-0.3, -0.25) is 0 Å².